The number of para-hydroxylation sites is 1. The highest BCUT2D eigenvalue weighted by Crippen LogP contribution is 2.27. The van der Waals surface area contributed by atoms with Crippen LogP contribution >= 0.6 is 0 Å². The molecular weight excluding hydrogens is 242 g/mol. The largest absolute Gasteiger partial charge is 0.335 e. The second-order valence-corrected chi connectivity index (χ2v) is 5.03. The van der Waals surface area contributed by atoms with Gasteiger partial charge in [0, 0.05) is 18.3 Å². The van der Waals surface area contributed by atoms with Crippen LogP contribution in [0.4, 0.5) is 10.5 Å². The van der Waals surface area contributed by atoms with E-state index in [-0.39, 0.29) is 18.5 Å². The number of carbonyl (C=O) groups is 2. The smallest absolute Gasteiger partial charge is 0.315 e. The van der Waals surface area contributed by atoms with Crippen LogP contribution in [0.1, 0.15) is 18.4 Å². The van der Waals surface area contributed by atoms with Crippen molar-refractivity contribution >= 4 is 17.6 Å². The van der Waals surface area contributed by atoms with Crippen molar-refractivity contribution < 1.29 is 9.59 Å². The number of rotatable bonds is 3. The zero-order valence-electron chi connectivity index (χ0n) is 10.7. The zero-order valence-corrected chi connectivity index (χ0v) is 10.7. The maximum Gasteiger partial charge on any atom is 0.315 e. The molecule has 2 N–H and O–H groups in total. The maximum absolute atomic E-state index is 12.1. The summed E-state index contributed by atoms with van der Waals surface area (Å²) in [7, 11) is 0. The van der Waals surface area contributed by atoms with Crippen molar-refractivity contribution in [3.63, 3.8) is 0 Å². The van der Waals surface area contributed by atoms with Crippen LogP contribution in [0, 0.1) is 0 Å². The average Bonchev–Trinajstić information content (AvgIpc) is 3.12. The summed E-state index contributed by atoms with van der Waals surface area (Å²) in [4.78, 5) is 25.3. The van der Waals surface area contributed by atoms with Crippen LogP contribution in [0.15, 0.2) is 24.3 Å². The van der Waals surface area contributed by atoms with E-state index in [2.05, 4.69) is 10.6 Å². The lowest BCUT2D eigenvalue weighted by molar-refractivity contribution is -0.117. The highest BCUT2D eigenvalue weighted by molar-refractivity contribution is 5.98. The molecule has 1 aliphatic heterocycles. The van der Waals surface area contributed by atoms with E-state index in [1.54, 1.807) is 4.90 Å². The summed E-state index contributed by atoms with van der Waals surface area (Å²) in [6.07, 6.45) is 2.97. The van der Waals surface area contributed by atoms with Crippen LogP contribution in [-0.4, -0.2) is 31.1 Å². The van der Waals surface area contributed by atoms with Crippen molar-refractivity contribution in [2.45, 2.75) is 25.3 Å². The molecule has 0 radical (unpaired) electrons. The molecule has 0 atom stereocenters. The predicted molar refractivity (Wildman–Crippen MR) is 72.1 cm³/mol. The highest BCUT2D eigenvalue weighted by Gasteiger charge is 2.26. The molecule has 100 valence electrons. The number of carbonyl (C=O) groups excluding carboxylic acids is 2. The first-order valence-corrected chi connectivity index (χ1v) is 6.66. The Hall–Kier alpha value is -2.04. The molecule has 0 bridgehead atoms. The lowest BCUT2D eigenvalue weighted by Crippen LogP contribution is -2.44. The van der Waals surface area contributed by atoms with E-state index in [9.17, 15) is 9.59 Å². The predicted octanol–water partition coefficient (Wildman–Crippen LogP) is 1.04. The zero-order chi connectivity index (χ0) is 13.2. The van der Waals surface area contributed by atoms with Gasteiger partial charge in [-0.3, -0.25) is 4.79 Å². The third-order valence-corrected chi connectivity index (χ3v) is 3.50. The Morgan fingerprint density at radius 3 is 2.84 bits per heavy atom. The van der Waals surface area contributed by atoms with Crippen LogP contribution < -0.4 is 15.5 Å². The SMILES string of the molecule is O=C(NCC(=O)N1CCc2ccccc21)NC1CC1. The van der Waals surface area contributed by atoms with Gasteiger partial charge in [-0.2, -0.15) is 0 Å². The number of anilines is 1. The van der Waals surface area contributed by atoms with Gasteiger partial charge in [0.2, 0.25) is 5.91 Å². The van der Waals surface area contributed by atoms with Gasteiger partial charge in [0.25, 0.3) is 0 Å². The summed E-state index contributed by atoms with van der Waals surface area (Å²) in [6, 6.07) is 7.96. The van der Waals surface area contributed by atoms with Crippen molar-refractivity contribution in [1.82, 2.24) is 10.6 Å². The summed E-state index contributed by atoms with van der Waals surface area (Å²) < 4.78 is 0. The fraction of sp³-hybridized carbons (Fsp3) is 0.429. The Balaban J connectivity index is 1.54. The van der Waals surface area contributed by atoms with Gasteiger partial charge in [0.1, 0.15) is 0 Å². The summed E-state index contributed by atoms with van der Waals surface area (Å²) in [5.41, 5.74) is 2.16. The Labute approximate surface area is 112 Å². The monoisotopic (exact) mass is 259 g/mol. The molecule has 0 spiro atoms. The fourth-order valence-corrected chi connectivity index (χ4v) is 2.31. The summed E-state index contributed by atoms with van der Waals surface area (Å²) in [5.74, 6) is -0.0594. The standard InChI is InChI=1S/C14H17N3O2/c18-13(9-15-14(19)16-11-5-6-11)17-8-7-10-3-1-2-4-12(10)17/h1-4,11H,5-9H2,(H2,15,16,19). The molecule has 5 nitrogen and oxygen atoms in total. The van der Waals surface area contributed by atoms with Gasteiger partial charge in [0.05, 0.1) is 6.54 Å². The van der Waals surface area contributed by atoms with Gasteiger partial charge in [-0.1, -0.05) is 18.2 Å². The number of urea groups is 1. The van der Waals surface area contributed by atoms with Crippen LogP contribution in [-0.2, 0) is 11.2 Å². The summed E-state index contributed by atoms with van der Waals surface area (Å²) in [6.45, 7) is 0.747. The molecule has 1 heterocycles. The molecule has 5 heteroatoms. The van der Waals surface area contributed by atoms with Crippen molar-refractivity contribution in [1.29, 1.82) is 0 Å². The summed E-state index contributed by atoms with van der Waals surface area (Å²) in [5, 5.41) is 5.42. The topological polar surface area (TPSA) is 61.4 Å². The number of nitrogens with one attached hydrogen (secondary N) is 2. The quantitative estimate of drug-likeness (QED) is 0.852. The molecule has 1 aliphatic carbocycles. The molecule has 0 aromatic heterocycles. The number of amides is 3. The number of nitrogens with zero attached hydrogens (tertiary/aromatic N) is 1. The number of fused-ring (bicyclic) bond motifs is 1. The van der Waals surface area contributed by atoms with Crippen LogP contribution in [0.25, 0.3) is 0 Å². The lowest BCUT2D eigenvalue weighted by Gasteiger charge is -2.17. The highest BCUT2D eigenvalue weighted by atomic mass is 16.2. The Morgan fingerprint density at radius 1 is 1.26 bits per heavy atom. The van der Waals surface area contributed by atoms with Crippen LogP contribution in [0.3, 0.4) is 0 Å². The fourth-order valence-electron chi connectivity index (χ4n) is 2.31. The van der Waals surface area contributed by atoms with Crippen molar-refractivity contribution in [2.24, 2.45) is 0 Å². The van der Waals surface area contributed by atoms with E-state index in [1.165, 1.54) is 5.56 Å². The van der Waals surface area contributed by atoms with Gasteiger partial charge in [-0.15, -0.1) is 0 Å². The molecule has 0 unspecified atom stereocenters. The van der Waals surface area contributed by atoms with Gasteiger partial charge >= 0.3 is 6.03 Å². The second kappa shape index (κ2) is 4.91. The normalized spacial score (nSPS) is 16.9. The van der Waals surface area contributed by atoms with Gasteiger partial charge < -0.3 is 15.5 Å². The molecule has 1 aromatic rings. The summed E-state index contributed by atoms with van der Waals surface area (Å²) >= 11 is 0. The average molecular weight is 259 g/mol. The van der Waals surface area contributed by atoms with E-state index in [4.69, 9.17) is 0 Å². The first-order chi connectivity index (χ1) is 9.24. The molecule has 2 aliphatic rings. The Morgan fingerprint density at radius 2 is 2.05 bits per heavy atom. The Bertz CT molecular complexity index is 511. The van der Waals surface area contributed by atoms with Crippen molar-refractivity contribution in [2.75, 3.05) is 18.0 Å². The molecule has 1 saturated carbocycles. The van der Waals surface area contributed by atoms with Gasteiger partial charge in [-0.25, -0.2) is 4.79 Å². The number of hydrogen-bond acceptors (Lipinski definition) is 2. The molecule has 1 aromatic carbocycles. The Kier molecular flexibility index (Phi) is 3.11. The molecule has 3 rings (SSSR count). The lowest BCUT2D eigenvalue weighted by atomic mass is 10.2. The molecular formula is C14H17N3O2. The number of benzene rings is 1. The third-order valence-electron chi connectivity index (χ3n) is 3.50. The van der Waals surface area contributed by atoms with Crippen molar-refractivity contribution in [3.05, 3.63) is 29.8 Å². The van der Waals surface area contributed by atoms with Crippen molar-refractivity contribution in [3.8, 4) is 0 Å². The van der Waals surface area contributed by atoms with Crippen LogP contribution in [0.5, 0.6) is 0 Å². The van der Waals surface area contributed by atoms with Gasteiger partial charge in [-0.05, 0) is 30.9 Å². The third kappa shape index (κ3) is 2.70. The second-order valence-electron chi connectivity index (χ2n) is 5.03. The maximum atomic E-state index is 12.1. The first-order valence-electron chi connectivity index (χ1n) is 6.66. The van der Waals surface area contributed by atoms with E-state index >= 15 is 0 Å². The number of hydrogen-bond donors (Lipinski definition) is 2. The van der Waals surface area contributed by atoms with E-state index < -0.39 is 0 Å². The van der Waals surface area contributed by atoms with E-state index in [0.29, 0.717) is 12.6 Å². The minimum Gasteiger partial charge on any atom is -0.335 e. The molecule has 3 amide bonds. The van der Waals surface area contributed by atoms with Crippen LogP contribution in [0.2, 0.25) is 0 Å². The molecule has 1 fully saturated rings. The van der Waals surface area contributed by atoms with E-state index in [0.717, 1.165) is 24.9 Å². The minimum atomic E-state index is -0.247. The first kappa shape index (κ1) is 12.0. The minimum absolute atomic E-state index is 0.0485. The molecule has 19 heavy (non-hydrogen) atoms. The van der Waals surface area contributed by atoms with Gasteiger partial charge in [0.15, 0.2) is 0 Å². The molecule has 0 saturated heterocycles. The van der Waals surface area contributed by atoms with E-state index in [1.807, 2.05) is 24.3 Å².